The molecule has 0 aromatic heterocycles. The highest BCUT2D eigenvalue weighted by Gasteiger charge is 2.26. The van der Waals surface area contributed by atoms with Gasteiger partial charge >= 0.3 is 0 Å². The number of rotatable bonds is 5. The van der Waals surface area contributed by atoms with E-state index in [0.717, 1.165) is 5.56 Å². The number of nitrogens with two attached hydrogens (primary N) is 1. The number of aryl methyl sites for hydroxylation is 1. The van der Waals surface area contributed by atoms with E-state index in [2.05, 4.69) is 5.32 Å². The molecule has 6 nitrogen and oxygen atoms in total. The lowest BCUT2D eigenvalue weighted by Crippen LogP contribution is -2.28. The molecule has 0 saturated heterocycles. The maximum Gasteiger partial charge on any atom is 0.292 e. The molecule has 0 aliphatic heterocycles. The number of hydrogen-bond donors (Lipinski definition) is 2. The van der Waals surface area contributed by atoms with E-state index in [1.165, 1.54) is 6.07 Å². The predicted molar refractivity (Wildman–Crippen MR) is 89.9 cm³/mol. The van der Waals surface area contributed by atoms with Crippen LogP contribution in [0.2, 0.25) is 10.0 Å². The first-order valence-electron chi connectivity index (χ1n) is 6.56. The number of anilines is 1. The second kappa shape index (κ2) is 6.85. The molecule has 0 spiro atoms. The van der Waals surface area contributed by atoms with Crippen molar-refractivity contribution in [3.05, 3.63) is 67.7 Å². The zero-order valence-corrected chi connectivity index (χ0v) is 13.6. The SMILES string of the molecule is Cc1ccc([N+](=O)[O-])c(NC(C(N)=O)c2c(Cl)cccc2Cl)c1. The average molecular weight is 354 g/mol. The van der Waals surface area contributed by atoms with Crippen LogP contribution in [0.3, 0.4) is 0 Å². The number of amides is 1. The Labute approximate surface area is 142 Å². The summed E-state index contributed by atoms with van der Waals surface area (Å²) in [7, 11) is 0. The second-order valence-corrected chi connectivity index (χ2v) is 5.71. The van der Waals surface area contributed by atoms with Gasteiger partial charge in [0, 0.05) is 21.7 Å². The molecule has 0 saturated carbocycles. The van der Waals surface area contributed by atoms with Gasteiger partial charge in [0.05, 0.1) is 4.92 Å². The first-order chi connectivity index (χ1) is 10.8. The first kappa shape index (κ1) is 17.1. The standard InChI is InChI=1S/C15H13Cl2N3O3/c1-8-5-6-12(20(22)23)11(7-8)19-14(15(18)21)13-9(16)3-2-4-10(13)17/h2-7,14,19H,1H3,(H2,18,21). The fourth-order valence-electron chi connectivity index (χ4n) is 2.15. The Balaban J connectivity index is 2.52. The van der Waals surface area contributed by atoms with Gasteiger partial charge in [0.15, 0.2) is 0 Å². The smallest absolute Gasteiger partial charge is 0.292 e. The Bertz CT molecular complexity index is 760. The van der Waals surface area contributed by atoms with E-state index in [1.807, 2.05) is 0 Å². The van der Waals surface area contributed by atoms with Gasteiger partial charge < -0.3 is 11.1 Å². The van der Waals surface area contributed by atoms with Crippen LogP contribution in [0, 0.1) is 17.0 Å². The van der Waals surface area contributed by atoms with Crippen molar-refractivity contribution in [1.82, 2.24) is 0 Å². The van der Waals surface area contributed by atoms with Gasteiger partial charge in [-0.3, -0.25) is 14.9 Å². The highest BCUT2D eigenvalue weighted by atomic mass is 35.5. The van der Waals surface area contributed by atoms with Crippen LogP contribution in [0.4, 0.5) is 11.4 Å². The van der Waals surface area contributed by atoms with Crippen LogP contribution in [0.15, 0.2) is 36.4 Å². The molecule has 0 bridgehead atoms. The predicted octanol–water partition coefficient (Wildman–Crippen LogP) is 3.85. The molecule has 2 aromatic rings. The van der Waals surface area contributed by atoms with Gasteiger partial charge in [0.2, 0.25) is 5.91 Å². The molecule has 1 unspecified atom stereocenters. The lowest BCUT2D eigenvalue weighted by Gasteiger charge is -2.19. The van der Waals surface area contributed by atoms with Crippen LogP contribution in [-0.4, -0.2) is 10.8 Å². The van der Waals surface area contributed by atoms with Crippen molar-refractivity contribution in [1.29, 1.82) is 0 Å². The van der Waals surface area contributed by atoms with E-state index in [4.69, 9.17) is 28.9 Å². The molecule has 120 valence electrons. The Morgan fingerprint density at radius 3 is 2.39 bits per heavy atom. The van der Waals surface area contributed by atoms with Crippen LogP contribution in [-0.2, 0) is 4.79 Å². The average Bonchev–Trinajstić information content (AvgIpc) is 2.45. The van der Waals surface area contributed by atoms with E-state index < -0.39 is 16.9 Å². The highest BCUT2D eigenvalue weighted by molar-refractivity contribution is 6.36. The van der Waals surface area contributed by atoms with Crippen LogP contribution < -0.4 is 11.1 Å². The van der Waals surface area contributed by atoms with E-state index in [9.17, 15) is 14.9 Å². The van der Waals surface area contributed by atoms with Crippen LogP contribution in [0.5, 0.6) is 0 Å². The number of nitrogens with one attached hydrogen (secondary N) is 1. The summed E-state index contributed by atoms with van der Waals surface area (Å²) < 4.78 is 0. The molecule has 23 heavy (non-hydrogen) atoms. The van der Waals surface area contributed by atoms with Crippen molar-refractivity contribution in [3.63, 3.8) is 0 Å². The summed E-state index contributed by atoms with van der Waals surface area (Å²) in [5.74, 6) is -0.754. The third-order valence-corrected chi connectivity index (χ3v) is 3.88. The maximum atomic E-state index is 11.8. The summed E-state index contributed by atoms with van der Waals surface area (Å²) in [4.78, 5) is 22.5. The molecule has 1 atom stereocenters. The Morgan fingerprint density at radius 1 is 1.26 bits per heavy atom. The van der Waals surface area contributed by atoms with E-state index in [0.29, 0.717) is 0 Å². The van der Waals surface area contributed by atoms with Crippen LogP contribution >= 0.6 is 23.2 Å². The molecule has 0 aliphatic carbocycles. The van der Waals surface area contributed by atoms with E-state index in [-0.39, 0.29) is 27.0 Å². The normalized spacial score (nSPS) is 11.8. The number of primary amides is 1. The minimum atomic E-state index is -1.10. The summed E-state index contributed by atoms with van der Waals surface area (Å²) in [5.41, 5.74) is 6.48. The molecule has 2 rings (SSSR count). The van der Waals surface area contributed by atoms with Gasteiger partial charge in [-0.25, -0.2) is 0 Å². The van der Waals surface area contributed by atoms with Gasteiger partial charge in [0.1, 0.15) is 11.7 Å². The van der Waals surface area contributed by atoms with Gasteiger partial charge in [-0.15, -0.1) is 0 Å². The van der Waals surface area contributed by atoms with Gasteiger partial charge in [0.25, 0.3) is 5.69 Å². The lowest BCUT2D eigenvalue weighted by molar-refractivity contribution is -0.384. The number of nitro benzene ring substituents is 1. The molecule has 8 heteroatoms. The molecule has 3 N–H and O–H groups in total. The number of benzene rings is 2. The van der Waals surface area contributed by atoms with Crippen molar-refractivity contribution in [2.75, 3.05) is 5.32 Å². The highest BCUT2D eigenvalue weighted by Crippen LogP contribution is 2.35. The molecule has 0 fully saturated rings. The molecule has 1 amide bonds. The van der Waals surface area contributed by atoms with Crippen molar-refractivity contribution in [2.24, 2.45) is 5.73 Å². The fourth-order valence-corrected chi connectivity index (χ4v) is 2.77. The summed E-state index contributed by atoms with van der Waals surface area (Å²) >= 11 is 12.2. The number of hydrogen-bond acceptors (Lipinski definition) is 4. The largest absolute Gasteiger partial charge is 0.368 e. The topological polar surface area (TPSA) is 98.3 Å². The number of halogens is 2. The molecule has 2 aromatic carbocycles. The zero-order chi connectivity index (χ0) is 17.1. The summed E-state index contributed by atoms with van der Waals surface area (Å²) in [6, 6.07) is 8.15. The number of carbonyl (C=O) groups is 1. The molecule has 0 radical (unpaired) electrons. The van der Waals surface area contributed by atoms with Crippen LogP contribution in [0.25, 0.3) is 0 Å². The van der Waals surface area contributed by atoms with Crippen LogP contribution in [0.1, 0.15) is 17.2 Å². The number of carbonyl (C=O) groups excluding carboxylic acids is 1. The quantitative estimate of drug-likeness (QED) is 0.629. The lowest BCUT2D eigenvalue weighted by atomic mass is 10.0. The van der Waals surface area contributed by atoms with Crippen molar-refractivity contribution >= 4 is 40.5 Å². The molecule has 0 aliphatic rings. The Morgan fingerprint density at radius 2 is 1.87 bits per heavy atom. The zero-order valence-electron chi connectivity index (χ0n) is 12.0. The van der Waals surface area contributed by atoms with E-state index >= 15 is 0 Å². The Kier molecular flexibility index (Phi) is 5.08. The summed E-state index contributed by atoms with van der Waals surface area (Å²) in [5, 5.41) is 14.4. The third-order valence-electron chi connectivity index (χ3n) is 3.22. The maximum absolute atomic E-state index is 11.8. The summed E-state index contributed by atoms with van der Waals surface area (Å²) in [6.07, 6.45) is 0. The fraction of sp³-hybridized carbons (Fsp3) is 0.133. The van der Waals surface area contributed by atoms with Gasteiger partial charge in [-0.1, -0.05) is 35.3 Å². The van der Waals surface area contributed by atoms with Crippen molar-refractivity contribution in [2.45, 2.75) is 13.0 Å². The van der Waals surface area contributed by atoms with Gasteiger partial charge in [-0.2, -0.15) is 0 Å². The van der Waals surface area contributed by atoms with Crippen molar-refractivity contribution in [3.8, 4) is 0 Å². The summed E-state index contributed by atoms with van der Waals surface area (Å²) in [6.45, 7) is 1.77. The monoisotopic (exact) mass is 353 g/mol. The van der Waals surface area contributed by atoms with E-state index in [1.54, 1.807) is 37.3 Å². The second-order valence-electron chi connectivity index (χ2n) is 4.89. The molecular weight excluding hydrogens is 341 g/mol. The first-order valence-corrected chi connectivity index (χ1v) is 7.31. The third kappa shape index (κ3) is 3.72. The molecular formula is C15H13Cl2N3O3. The Hall–Kier alpha value is -2.31. The number of nitro groups is 1. The minimum Gasteiger partial charge on any atom is -0.368 e. The minimum absolute atomic E-state index is 0.162. The molecule has 0 heterocycles. The van der Waals surface area contributed by atoms with Gasteiger partial charge in [-0.05, 0) is 30.7 Å². The van der Waals surface area contributed by atoms with Crippen molar-refractivity contribution < 1.29 is 9.72 Å². The number of nitrogens with zero attached hydrogens (tertiary/aromatic N) is 1.